The Labute approximate surface area is 119 Å². The highest BCUT2D eigenvalue weighted by Gasteiger charge is 2.34. The first-order valence-electron chi connectivity index (χ1n) is 6.85. The van der Waals surface area contributed by atoms with E-state index in [1.165, 1.54) is 6.26 Å². The third-order valence-electron chi connectivity index (χ3n) is 3.99. The molecule has 2 unspecified atom stereocenters. The van der Waals surface area contributed by atoms with E-state index < -0.39 is 9.84 Å². The molecule has 2 atom stereocenters. The van der Waals surface area contributed by atoms with Gasteiger partial charge in [0.05, 0.1) is 10.8 Å². The molecule has 5 heteroatoms. The summed E-state index contributed by atoms with van der Waals surface area (Å²) in [5.41, 5.74) is 1.89. The van der Waals surface area contributed by atoms with Gasteiger partial charge in [0.1, 0.15) is 0 Å². The van der Waals surface area contributed by atoms with Crippen molar-refractivity contribution in [2.45, 2.75) is 30.6 Å². The number of sulfone groups is 1. The highest BCUT2D eigenvalue weighted by atomic mass is 32.2. The van der Waals surface area contributed by atoms with Crippen LogP contribution < -0.4 is 5.32 Å². The maximum atomic E-state index is 11.8. The van der Waals surface area contributed by atoms with Gasteiger partial charge in [-0.2, -0.15) is 0 Å². The minimum atomic E-state index is -3.00. The van der Waals surface area contributed by atoms with Gasteiger partial charge in [-0.25, -0.2) is 8.42 Å². The first-order valence-corrected chi connectivity index (χ1v) is 8.80. The molecule has 1 aliphatic carbocycles. The van der Waals surface area contributed by atoms with Crippen molar-refractivity contribution in [1.82, 2.24) is 4.98 Å². The minimum absolute atomic E-state index is 0.00388. The fourth-order valence-electron chi connectivity index (χ4n) is 3.03. The Morgan fingerprint density at radius 1 is 1.20 bits per heavy atom. The van der Waals surface area contributed by atoms with E-state index in [0.29, 0.717) is 0 Å². The third-order valence-corrected chi connectivity index (χ3v) is 5.65. The van der Waals surface area contributed by atoms with Crippen LogP contribution in [0.5, 0.6) is 0 Å². The third kappa shape index (κ3) is 2.50. The van der Waals surface area contributed by atoms with Crippen LogP contribution in [-0.4, -0.2) is 30.9 Å². The topological polar surface area (TPSA) is 59.1 Å². The molecule has 1 fully saturated rings. The number of fused-ring (bicyclic) bond motifs is 1. The molecule has 0 bridgehead atoms. The largest absolute Gasteiger partial charge is 0.380 e. The van der Waals surface area contributed by atoms with Crippen molar-refractivity contribution in [3.8, 4) is 0 Å². The Hall–Kier alpha value is -1.62. The summed E-state index contributed by atoms with van der Waals surface area (Å²) in [5.74, 6) is 0. The molecule has 0 saturated heterocycles. The first kappa shape index (κ1) is 13.4. The van der Waals surface area contributed by atoms with Crippen LogP contribution in [0.3, 0.4) is 0 Å². The number of hydrogen-bond acceptors (Lipinski definition) is 4. The van der Waals surface area contributed by atoms with Gasteiger partial charge in [0.15, 0.2) is 9.84 Å². The lowest BCUT2D eigenvalue weighted by atomic mass is 10.1. The molecule has 3 rings (SSSR count). The SMILES string of the molecule is CS(=O)(=O)C1CCCC1Nc1cccc2ncccc12. The second-order valence-electron chi connectivity index (χ2n) is 5.43. The Balaban J connectivity index is 1.94. The zero-order valence-corrected chi connectivity index (χ0v) is 12.2. The maximum Gasteiger partial charge on any atom is 0.152 e. The summed E-state index contributed by atoms with van der Waals surface area (Å²) in [6.07, 6.45) is 5.70. The number of nitrogens with zero attached hydrogens (tertiary/aromatic N) is 1. The quantitative estimate of drug-likeness (QED) is 0.944. The molecular weight excluding hydrogens is 272 g/mol. The molecule has 2 aromatic rings. The van der Waals surface area contributed by atoms with Crippen LogP contribution in [0, 0.1) is 0 Å². The second-order valence-corrected chi connectivity index (χ2v) is 7.69. The van der Waals surface area contributed by atoms with Crippen molar-refractivity contribution in [2.24, 2.45) is 0 Å². The van der Waals surface area contributed by atoms with Crippen LogP contribution in [0.1, 0.15) is 19.3 Å². The molecule has 0 amide bonds. The van der Waals surface area contributed by atoms with Gasteiger partial charge in [-0.1, -0.05) is 6.07 Å². The average molecular weight is 290 g/mol. The average Bonchev–Trinajstić information content (AvgIpc) is 2.87. The molecule has 1 aromatic carbocycles. The van der Waals surface area contributed by atoms with Gasteiger partial charge in [-0.3, -0.25) is 4.98 Å². The number of anilines is 1. The Morgan fingerprint density at radius 3 is 2.85 bits per heavy atom. The molecule has 0 spiro atoms. The fourth-order valence-corrected chi connectivity index (χ4v) is 4.43. The number of rotatable bonds is 3. The number of nitrogens with one attached hydrogen (secondary N) is 1. The lowest BCUT2D eigenvalue weighted by molar-refractivity contribution is 0.579. The van der Waals surface area contributed by atoms with Crippen molar-refractivity contribution in [2.75, 3.05) is 11.6 Å². The molecule has 4 nitrogen and oxygen atoms in total. The van der Waals surface area contributed by atoms with Gasteiger partial charge in [0.2, 0.25) is 0 Å². The lowest BCUT2D eigenvalue weighted by Crippen LogP contribution is -2.34. The summed E-state index contributed by atoms with van der Waals surface area (Å²) in [4.78, 5) is 4.33. The maximum absolute atomic E-state index is 11.8. The van der Waals surface area contributed by atoms with Crippen molar-refractivity contribution in [3.63, 3.8) is 0 Å². The Bertz CT molecular complexity index is 722. The zero-order valence-electron chi connectivity index (χ0n) is 11.4. The van der Waals surface area contributed by atoms with Gasteiger partial charge in [-0.05, 0) is 43.5 Å². The second kappa shape index (κ2) is 5.05. The van der Waals surface area contributed by atoms with E-state index in [2.05, 4.69) is 10.3 Å². The van der Waals surface area contributed by atoms with Crippen molar-refractivity contribution < 1.29 is 8.42 Å². The van der Waals surface area contributed by atoms with Crippen molar-refractivity contribution in [3.05, 3.63) is 36.5 Å². The number of benzene rings is 1. The molecule has 0 radical (unpaired) electrons. The molecule has 1 saturated carbocycles. The smallest absolute Gasteiger partial charge is 0.152 e. The fraction of sp³-hybridized carbons (Fsp3) is 0.400. The monoisotopic (exact) mass is 290 g/mol. The Morgan fingerprint density at radius 2 is 2.05 bits per heavy atom. The standard InChI is InChI=1S/C15H18N2O2S/c1-20(18,19)15-9-3-8-14(15)17-13-7-2-6-12-11(13)5-4-10-16-12/h2,4-7,10,14-15,17H,3,8-9H2,1H3. The number of pyridine rings is 1. The van der Waals surface area contributed by atoms with Gasteiger partial charge in [0, 0.05) is 29.6 Å². The Kier molecular flexibility index (Phi) is 3.38. The van der Waals surface area contributed by atoms with Crippen LogP contribution in [0.25, 0.3) is 10.9 Å². The molecule has 1 N–H and O–H groups in total. The van der Waals surface area contributed by atoms with Gasteiger partial charge in [0.25, 0.3) is 0 Å². The molecule has 1 aromatic heterocycles. The summed E-state index contributed by atoms with van der Waals surface area (Å²) in [6, 6.07) is 9.80. The zero-order chi connectivity index (χ0) is 14.2. The molecule has 20 heavy (non-hydrogen) atoms. The van der Waals surface area contributed by atoms with Crippen LogP contribution in [0.4, 0.5) is 5.69 Å². The van der Waals surface area contributed by atoms with Crippen molar-refractivity contribution >= 4 is 26.4 Å². The molecule has 106 valence electrons. The van der Waals surface area contributed by atoms with E-state index in [-0.39, 0.29) is 11.3 Å². The summed E-state index contributed by atoms with van der Waals surface area (Å²) >= 11 is 0. The molecular formula is C15H18N2O2S. The summed E-state index contributed by atoms with van der Waals surface area (Å²) < 4.78 is 23.7. The summed E-state index contributed by atoms with van der Waals surface area (Å²) in [7, 11) is -3.00. The molecule has 1 aliphatic rings. The van der Waals surface area contributed by atoms with E-state index in [0.717, 1.165) is 35.9 Å². The van der Waals surface area contributed by atoms with Crippen molar-refractivity contribution in [1.29, 1.82) is 0 Å². The molecule has 0 aliphatic heterocycles. The van der Waals surface area contributed by atoms with Crippen LogP contribution in [0.2, 0.25) is 0 Å². The van der Waals surface area contributed by atoms with Crippen LogP contribution in [0.15, 0.2) is 36.5 Å². The predicted molar refractivity (Wildman–Crippen MR) is 81.6 cm³/mol. The van der Waals surface area contributed by atoms with E-state index in [9.17, 15) is 8.42 Å². The summed E-state index contributed by atoms with van der Waals surface area (Å²) in [5, 5.41) is 4.17. The van der Waals surface area contributed by atoms with Gasteiger partial charge >= 0.3 is 0 Å². The normalized spacial score (nSPS) is 23.1. The molecule has 1 heterocycles. The summed E-state index contributed by atoms with van der Waals surface area (Å²) in [6.45, 7) is 0. The highest BCUT2D eigenvalue weighted by Crippen LogP contribution is 2.30. The van der Waals surface area contributed by atoms with E-state index >= 15 is 0 Å². The van der Waals surface area contributed by atoms with E-state index in [1.54, 1.807) is 6.20 Å². The minimum Gasteiger partial charge on any atom is -0.380 e. The van der Waals surface area contributed by atoms with Gasteiger partial charge in [-0.15, -0.1) is 0 Å². The lowest BCUT2D eigenvalue weighted by Gasteiger charge is -2.21. The van der Waals surface area contributed by atoms with E-state index in [4.69, 9.17) is 0 Å². The van der Waals surface area contributed by atoms with Crippen LogP contribution in [-0.2, 0) is 9.84 Å². The number of hydrogen-bond donors (Lipinski definition) is 1. The van der Waals surface area contributed by atoms with E-state index in [1.807, 2.05) is 30.3 Å². The number of aromatic nitrogens is 1. The highest BCUT2D eigenvalue weighted by molar-refractivity contribution is 7.91. The van der Waals surface area contributed by atoms with Gasteiger partial charge < -0.3 is 5.32 Å². The first-order chi connectivity index (χ1) is 9.55. The van der Waals surface area contributed by atoms with Crippen LogP contribution >= 0.6 is 0 Å². The predicted octanol–water partition coefficient (Wildman–Crippen LogP) is 2.61.